The summed E-state index contributed by atoms with van der Waals surface area (Å²) in [6, 6.07) is 12.7. The molecule has 132 valence electrons. The molecular weight excluding hydrogens is 318 g/mol. The zero-order chi connectivity index (χ0) is 18.4. The van der Waals surface area contributed by atoms with E-state index in [1.807, 2.05) is 31.2 Å². The lowest BCUT2D eigenvalue weighted by molar-refractivity contribution is -0.118. The summed E-state index contributed by atoms with van der Waals surface area (Å²) >= 11 is 0. The summed E-state index contributed by atoms with van der Waals surface area (Å²) in [6.45, 7) is 5.98. The molecule has 0 aromatic heterocycles. The monoisotopic (exact) mass is 341 g/mol. The highest BCUT2D eigenvalue weighted by Crippen LogP contribution is 2.19. The van der Waals surface area contributed by atoms with Crippen molar-refractivity contribution < 1.29 is 19.1 Å². The molecule has 0 aliphatic rings. The number of esters is 1. The number of ether oxygens (including phenoxy) is 2. The molecule has 2 aromatic rings. The topological polar surface area (TPSA) is 64.6 Å². The van der Waals surface area contributed by atoms with Crippen LogP contribution in [0.1, 0.15) is 41.3 Å². The van der Waals surface area contributed by atoms with Crippen LogP contribution in [0.3, 0.4) is 0 Å². The van der Waals surface area contributed by atoms with Gasteiger partial charge >= 0.3 is 5.97 Å². The van der Waals surface area contributed by atoms with Gasteiger partial charge in [-0.1, -0.05) is 32.0 Å². The first-order valence-electron chi connectivity index (χ1n) is 8.12. The van der Waals surface area contributed by atoms with Gasteiger partial charge in [-0.2, -0.15) is 0 Å². The van der Waals surface area contributed by atoms with Gasteiger partial charge < -0.3 is 14.8 Å². The van der Waals surface area contributed by atoms with Gasteiger partial charge in [0.05, 0.1) is 12.7 Å². The maximum Gasteiger partial charge on any atom is 0.337 e. The molecule has 5 heteroatoms. The van der Waals surface area contributed by atoms with Gasteiger partial charge in [-0.3, -0.25) is 4.79 Å². The van der Waals surface area contributed by atoms with Crippen molar-refractivity contribution in [3.05, 3.63) is 59.2 Å². The number of nitrogens with one attached hydrogen (secondary N) is 1. The Morgan fingerprint density at radius 2 is 1.76 bits per heavy atom. The second-order valence-electron chi connectivity index (χ2n) is 6.08. The van der Waals surface area contributed by atoms with E-state index in [1.54, 1.807) is 18.2 Å². The summed E-state index contributed by atoms with van der Waals surface area (Å²) in [4.78, 5) is 23.7. The number of rotatable bonds is 6. The van der Waals surface area contributed by atoms with Gasteiger partial charge in [0, 0.05) is 5.69 Å². The van der Waals surface area contributed by atoms with Gasteiger partial charge in [-0.25, -0.2) is 4.79 Å². The molecule has 0 aliphatic heterocycles. The first-order chi connectivity index (χ1) is 11.9. The van der Waals surface area contributed by atoms with Gasteiger partial charge in [0.1, 0.15) is 5.75 Å². The smallest absolute Gasteiger partial charge is 0.337 e. The summed E-state index contributed by atoms with van der Waals surface area (Å²) < 4.78 is 10.2. The molecule has 0 saturated heterocycles. The Hall–Kier alpha value is -2.82. The number of hydrogen-bond acceptors (Lipinski definition) is 4. The third kappa shape index (κ3) is 5.08. The summed E-state index contributed by atoms with van der Waals surface area (Å²) in [5.41, 5.74) is 3.01. The van der Waals surface area contributed by atoms with Crippen molar-refractivity contribution >= 4 is 17.6 Å². The average molecular weight is 341 g/mol. The number of amides is 1. The normalized spacial score (nSPS) is 10.4. The van der Waals surface area contributed by atoms with Crippen LogP contribution in [0.2, 0.25) is 0 Å². The van der Waals surface area contributed by atoms with E-state index in [0.717, 1.165) is 5.56 Å². The van der Waals surface area contributed by atoms with Crippen molar-refractivity contribution in [2.75, 3.05) is 19.0 Å². The molecule has 0 fully saturated rings. The van der Waals surface area contributed by atoms with Crippen molar-refractivity contribution in [2.24, 2.45) is 0 Å². The van der Waals surface area contributed by atoms with Gasteiger partial charge in [0.15, 0.2) is 6.61 Å². The van der Waals surface area contributed by atoms with E-state index in [-0.39, 0.29) is 12.5 Å². The van der Waals surface area contributed by atoms with Crippen LogP contribution < -0.4 is 10.1 Å². The third-order valence-corrected chi connectivity index (χ3v) is 3.85. The molecule has 0 aliphatic carbocycles. The molecule has 0 unspecified atom stereocenters. The first kappa shape index (κ1) is 18.5. The standard InChI is InChI=1S/C20H23NO4/c1-13(2)15-7-9-17(10-8-15)25-12-19(22)21-18-11-16(20(23)24-4)6-5-14(18)3/h5-11,13H,12H2,1-4H3,(H,21,22). The fourth-order valence-electron chi connectivity index (χ4n) is 2.29. The molecule has 5 nitrogen and oxygen atoms in total. The number of anilines is 1. The number of hydrogen-bond donors (Lipinski definition) is 1. The van der Waals surface area contributed by atoms with Crippen LogP contribution in [-0.4, -0.2) is 25.6 Å². The van der Waals surface area contributed by atoms with Crippen LogP contribution in [0.25, 0.3) is 0 Å². The summed E-state index contributed by atoms with van der Waals surface area (Å²) in [6.07, 6.45) is 0. The number of aryl methyl sites for hydroxylation is 1. The maximum atomic E-state index is 12.1. The second-order valence-corrected chi connectivity index (χ2v) is 6.08. The van der Waals surface area contributed by atoms with Crippen LogP contribution in [0, 0.1) is 6.92 Å². The van der Waals surface area contributed by atoms with Crippen molar-refractivity contribution in [3.63, 3.8) is 0 Å². The van der Waals surface area contributed by atoms with Crippen molar-refractivity contribution in [1.29, 1.82) is 0 Å². The molecule has 0 spiro atoms. The first-order valence-corrected chi connectivity index (χ1v) is 8.12. The van der Waals surface area contributed by atoms with E-state index >= 15 is 0 Å². The minimum Gasteiger partial charge on any atom is -0.484 e. The third-order valence-electron chi connectivity index (χ3n) is 3.85. The second kappa shape index (κ2) is 8.33. The molecule has 0 saturated carbocycles. The van der Waals surface area contributed by atoms with Crippen LogP contribution in [0.5, 0.6) is 5.75 Å². The highest BCUT2D eigenvalue weighted by Gasteiger charge is 2.11. The average Bonchev–Trinajstić information content (AvgIpc) is 2.61. The molecule has 1 amide bonds. The van der Waals surface area contributed by atoms with Crippen LogP contribution in [0.4, 0.5) is 5.69 Å². The number of carbonyl (C=O) groups excluding carboxylic acids is 2. The molecular formula is C20H23NO4. The lowest BCUT2D eigenvalue weighted by Crippen LogP contribution is -2.21. The van der Waals surface area contributed by atoms with E-state index in [2.05, 4.69) is 19.2 Å². The minimum atomic E-state index is -0.447. The van der Waals surface area contributed by atoms with Gasteiger partial charge in [-0.05, 0) is 48.2 Å². The predicted molar refractivity (Wildman–Crippen MR) is 97.2 cm³/mol. The maximum absolute atomic E-state index is 12.1. The SMILES string of the molecule is COC(=O)c1ccc(C)c(NC(=O)COc2ccc(C(C)C)cc2)c1. The number of carbonyl (C=O) groups is 2. The Kier molecular flexibility index (Phi) is 6.17. The van der Waals surface area contributed by atoms with E-state index in [1.165, 1.54) is 12.7 Å². The molecule has 1 N–H and O–H groups in total. The predicted octanol–water partition coefficient (Wildman–Crippen LogP) is 3.92. The Bertz CT molecular complexity index is 751. The molecule has 2 rings (SSSR count). The van der Waals surface area contributed by atoms with Crippen LogP contribution >= 0.6 is 0 Å². The highest BCUT2D eigenvalue weighted by molar-refractivity contribution is 5.95. The quantitative estimate of drug-likeness (QED) is 0.809. The molecule has 2 aromatic carbocycles. The largest absolute Gasteiger partial charge is 0.484 e. The highest BCUT2D eigenvalue weighted by atomic mass is 16.5. The Morgan fingerprint density at radius 1 is 1.08 bits per heavy atom. The Labute approximate surface area is 148 Å². The van der Waals surface area contributed by atoms with Crippen LogP contribution in [-0.2, 0) is 9.53 Å². The molecule has 0 heterocycles. The molecule has 0 radical (unpaired) electrons. The van der Waals surface area contributed by atoms with Crippen molar-refractivity contribution in [2.45, 2.75) is 26.7 Å². The fraction of sp³-hybridized carbons (Fsp3) is 0.300. The molecule has 0 bridgehead atoms. The van der Waals surface area contributed by atoms with Crippen LogP contribution in [0.15, 0.2) is 42.5 Å². The minimum absolute atomic E-state index is 0.108. The van der Waals surface area contributed by atoms with Crippen molar-refractivity contribution in [1.82, 2.24) is 0 Å². The summed E-state index contributed by atoms with van der Waals surface area (Å²) in [5, 5.41) is 2.76. The van der Waals surface area contributed by atoms with Gasteiger partial charge in [0.2, 0.25) is 0 Å². The molecule has 25 heavy (non-hydrogen) atoms. The van der Waals surface area contributed by atoms with Gasteiger partial charge in [0.25, 0.3) is 5.91 Å². The van der Waals surface area contributed by atoms with Gasteiger partial charge in [-0.15, -0.1) is 0 Å². The number of benzene rings is 2. The lowest BCUT2D eigenvalue weighted by atomic mass is 10.0. The molecule has 0 atom stereocenters. The van der Waals surface area contributed by atoms with E-state index in [9.17, 15) is 9.59 Å². The summed E-state index contributed by atoms with van der Waals surface area (Å²) in [5.74, 6) is 0.344. The number of methoxy groups -OCH3 is 1. The summed E-state index contributed by atoms with van der Waals surface area (Å²) in [7, 11) is 1.32. The van der Waals surface area contributed by atoms with Crippen molar-refractivity contribution in [3.8, 4) is 5.75 Å². The fourth-order valence-corrected chi connectivity index (χ4v) is 2.29. The van der Waals surface area contributed by atoms with E-state index in [0.29, 0.717) is 22.9 Å². The Morgan fingerprint density at radius 3 is 2.36 bits per heavy atom. The zero-order valence-electron chi connectivity index (χ0n) is 15.0. The lowest BCUT2D eigenvalue weighted by Gasteiger charge is -2.11. The zero-order valence-corrected chi connectivity index (χ0v) is 15.0. The van der Waals surface area contributed by atoms with E-state index in [4.69, 9.17) is 9.47 Å². The van der Waals surface area contributed by atoms with E-state index < -0.39 is 5.97 Å². The Balaban J connectivity index is 1.97.